The van der Waals surface area contributed by atoms with Crippen molar-refractivity contribution in [2.45, 2.75) is 19.8 Å². The fourth-order valence-electron chi connectivity index (χ4n) is 1.72. The third-order valence-electron chi connectivity index (χ3n) is 2.46. The van der Waals surface area contributed by atoms with Gasteiger partial charge in [0.1, 0.15) is 0 Å². The van der Waals surface area contributed by atoms with Crippen molar-refractivity contribution in [2.75, 3.05) is 17.2 Å². The molecule has 0 fully saturated rings. The highest BCUT2D eigenvalue weighted by Crippen LogP contribution is 2.28. The standard InChI is InChI=1S/C11H14N2O/c1-2-8-4-3-5-9-11(8)12-7-6-10(14)13-9/h3-5,12H,2,6-7H2,1H3,(H,13,14). The Balaban J connectivity index is 2.43. The molecule has 1 amide bonds. The van der Waals surface area contributed by atoms with E-state index in [1.807, 2.05) is 12.1 Å². The fraction of sp³-hybridized carbons (Fsp3) is 0.364. The highest BCUT2D eigenvalue weighted by Gasteiger charge is 2.13. The van der Waals surface area contributed by atoms with E-state index >= 15 is 0 Å². The molecule has 2 N–H and O–H groups in total. The van der Waals surface area contributed by atoms with Crippen LogP contribution in [0.25, 0.3) is 0 Å². The molecule has 1 aliphatic rings. The summed E-state index contributed by atoms with van der Waals surface area (Å²) >= 11 is 0. The fourth-order valence-corrected chi connectivity index (χ4v) is 1.72. The number of nitrogens with one attached hydrogen (secondary N) is 2. The van der Waals surface area contributed by atoms with E-state index in [-0.39, 0.29) is 5.91 Å². The molecule has 2 rings (SSSR count). The van der Waals surface area contributed by atoms with Crippen molar-refractivity contribution in [3.8, 4) is 0 Å². The topological polar surface area (TPSA) is 41.1 Å². The van der Waals surface area contributed by atoms with Gasteiger partial charge in [0.05, 0.1) is 11.4 Å². The van der Waals surface area contributed by atoms with Crippen molar-refractivity contribution >= 4 is 17.3 Å². The lowest BCUT2D eigenvalue weighted by atomic mass is 10.1. The number of aryl methyl sites for hydroxylation is 1. The van der Waals surface area contributed by atoms with Crippen molar-refractivity contribution < 1.29 is 4.79 Å². The van der Waals surface area contributed by atoms with Gasteiger partial charge in [0.25, 0.3) is 0 Å². The zero-order valence-corrected chi connectivity index (χ0v) is 8.26. The van der Waals surface area contributed by atoms with Crippen LogP contribution in [0.15, 0.2) is 18.2 Å². The molecule has 74 valence electrons. The smallest absolute Gasteiger partial charge is 0.226 e. The molecule has 1 aromatic carbocycles. The Hall–Kier alpha value is -1.51. The van der Waals surface area contributed by atoms with Gasteiger partial charge in [0.15, 0.2) is 0 Å². The third-order valence-corrected chi connectivity index (χ3v) is 2.46. The number of para-hydroxylation sites is 1. The summed E-state index contributed by atoms with van der Waals surface area (Å²) in [5.41, 5.74) is 3.25. The van der Waals surface area contributed by atoms with Gasteiger partial charge in [0, 0.05) is 13.0 Å². The van der Waals surface area contributed by atoms with Crippen LogP contribution < -0.4 is 10.6 Å². The summed E-state index contributed by atoms with van der Waals surface area (Å²) in [6.07, 6.45) is 1.52. The molecule has 1 aliphatic heterocycles. The van der Waals surface area contributed by atoms with Gasteiger partial charge in [0.2, 0.25) is 5.91 Å². The molecule has 0 aromatic heterocycles. The van der Waals surface area contributed by atoms with Gasteiger partial charge in [-0.15, -0.1) is 0 Å². The first-order valence-corrected chi connectivity index (χ1v) is 4.97. The van der Waals surface area contributed by atoms with Crippen LogP contribution in [0, 0.1) is 0 Å². The maximum absolute atomic E-state index is 11.3. The lowest BCUT2D eigenvalue weighted by Crippen LogP contribution is -2.10. The highest BCUT2D eigenvalue weighted by atomic mass is 16.1. The van der Waals surface area contributed by atoms with Crippen LogP contribution in [0.3, 0.4) is 0 Å². The summed E-state index contributed by atoms with van der Waals surface area (Å²) in [5, 5.41) is 6.19. The molecule has 14 heavy (non-hydrogen) atoms. The van der Waals surface area contributed by atoms with Crippen LogP contribution in [0.5, 0.6) is 0 Å². The molecule has 1 heterocycles. The van der Waals surface area contributed by atoms with Gasteiger partial charge >= 0.3 is 0 Å². The van der Waals surface area contributed by atoms with E-state index < -0.39 is 0 Å². The second kappa shape index (κ2) is 3.70. The quantitative estimate of drug-likeness (QED) is 0.711. The number of anilines is 2. The first kappa shape index (κ1) is 9.06. The summed E-state index contributed by atoms with van der Waals surface area (Å²) in [6.45, 7) is 2.83. The summed E-state index contributed by atoms with van der Waals surface area (Å²) in [7, 11) is 0. The van der Waals surface area contributed by atoms with Crippen molar-refractivity contribution in [3.05, 3.63) is 23.8 Å². The number of benzene rings is 1. The van der Waals surface area contributed by atoms with Crippen LogP contribution in [0.4, 0.5) is 11.4 Å². The number of hydrogen-bond acceptors (Lipinski definition) is 2. The van der Waals surface area contributed by atoms with E-state index in [9.17, 15) is 4.79 Å². The Morgan fingerprint density at radius 1 is 1.43 bits per heavy atom. The average Bonchev–Trinajstić information content (AvgIpc) is 2.37. The molecule has 0 spiro atoms. The predicted molar refractivity (Wildman–Crippen MR) is 57.6 cm³/mol. The van der Waals surface area contributed by atoms with Crippen molar-refractivity contribution in [2.24, 2.45) is 0 Å². The molecule has 0 saturated heterocycles. The van der Waals surface area contributed by atoms with E-state index in [1.54, 1.807) is 0 Å². The summed E-state index contributed by atoms with van der Waals surface area (Å²) in [5.74, 6) is 0.0875. The van der Waals surface area contributed by atoms with Crippen LogP contribution in [-0.2, 0) is 11.2 Å². The monoisotopic (exact) mass is 190 g/mol. The van der Waals surface area contributed by atoms with E-state index in [0.29, 0.717) is 6.42 Å². The minimum absolute atomic E-state index is 0.0875. The number of fused-ring (bicyclic) bond motifs is 1. The number of hydrogen-bond donors (Lipinski definition) is 2. The summed E-state index contributed by atoms with van der Waals surface area (Å²) in [6, 6.07) is 6.00. The van der Waals surface area contributed by atoms with Crippen molar-refractivity contribution in [3.63, 3.8) is 0 Å². The largest absolute Gasteiger partial charge is 0.383 e. The molecule has 3 heteroatoms. The Morgan fingerprint density at radius 2 is 2.29 bits per heavy atom. The zero-order valence-electron chi connectivity index (χ0n) is 8.26. The minimum Gasteiger partial charge on any atom is -0.383 e. The van der Waals surface area contributed by atoms with Gasteiger partial charge < -0.3 is 10.6 Å². The Morgan fingerprint density at radius 3 is 3.07 bits per heavy atom. The number of rotatable bonds is 1. The number of carbonyl (C=O) groups excluding carboxylic acids is 1. The van der Waals surface area contributed by atoms with Gasteiger partial charge in [-0.25, -0.2) is 0 Å². The molecular weight excluding hydrogens is 176 g/mol. The Kier molecular flexibility index (Phi) is 2.39. The molecule has 1 aromatic rings. The Bertz CT molecular complexity index is 360. The van der Waals surface area contributed by atoms with Gasteiger partial charge in [-0.1, -0.05) is 19.1 Å². The molecule has 3 nitrogen and oxygen atoms in total. The van der Waals surface area contributed by atoms with Crippen LogP contribution in [-0.4, -0.2) is 12.5 Å². The first-order chi connectivity index (χ1) is 6.81. The highest BCUT2D eigenvalue weighted by molar-refractivity contribution is 5.96. The molecule has 0 saturated carbocycles. The van der Waals surface area contributed by atoms with Gasteiger partial charge in [-0.2, -0.15) is 0 Å². The maximum atomic E-state index is 11.3. The van der Waals surface area contributed by atoms with Crippen LogP contribution in [0.1, 0.15) is 18.9 Å². The molecule has 0 radical (unpaired) electrons. The summed E-state index contributed by atoms with van der Waals surface area (Å²) < 4.78 is 0. The Labute approximate surface area is 83.5 Å². The molecule has 0 bridgehead atoms. The predicted octanol–water partition coefficient (Wildman–Crippen LogP) is 2.00. The van der Waals surface area contributed by atoms with E-state index in [4.69, 9.17) is 0 Å². The van der Waals surface area contributed by atoms with E-state index in [0.717, 1.165) is 24.3 Å². The molecule has 0 atom stereocenters. The lowest BCUT2D eigenvalue weighted by Gasteiger charge is -2.11. The minimum atomic E-state index is 0.0875. The molecule has 0 aliphatic carbocycles. The number of amides is 1. The molecule has 0 unspecified atom stereocenters. The first-order valence-electron chi connectivity index (χ1n) is 4.97. The average molecular weight is 190 g/mol. The maximum Gasteiger partial charge on any atom is 0.226 e. The van der Waals surface area contributed by atoms with Crippen molar-refractivity contribution in [1.29, 1.82) is 0 Å². The van der Waals surface area contributed by atoms with Gasteiger partial charge in [-0.05, 0) is 18.1 Å². The second-order valence-electron chi connectivity index (χ2n) is 3.42. The van der Waals surface area contributed by atoms with E-state index in [2.05, 4.69) is 23.6 Å². The van der Waals surface area contributed by atoms with Crippen LogP contribution >= 0.6 is 0 Å². The van der Waals surface area contributed by atoms with Gasteiger partial charge in [-0.3, -0.25) is 4.79 Å². The normalized spacial score (nSPS) is 15.1. The summed E-state index contributed by atoms with van der Waals surface area (Å²) in [4.78, 5) is 11.3. The van der Waals surface area contributed by atoms with E-state index in [1.165, 1.54) is 5.56 Å². The second-order valence-corrected chi connectivity index (χ2v) is 3.42. The molecular formula is C11H14N2O. The SMILES string of the molecule is CCc1cccc2c1NCCC(=O)N2. The van der Waals surface area contributed by atoms with Crippen LogP contribution in [0.2, 0.25) is 0 Å². The van der Waals surface area contributed by atoms with Crippen molar-refractivity contribution in [1.82, 2.24) is 0 Å². The number of carbonyl (C=O) groups is 1. The zero-order chi connectivity index (χ0) is 9.97. The lowest BCUT2D eigenvalue weighted by molar-refractivity contribution is -0.115. The third kappa shape index (κ3) is 1.58.